The molecule has 1 saturated carbocycles. The number of ether oxygens (including phenoxy) is 1. The molecule has 0 unspecified atom stereocenters. The van der Waals surface area contributed by atoms with Gasteiger partial charge in [0.15, 0.2) is 0 Å². The lowest BCUT2D eigenvalue weighted by molar-refractivity contribution is 0.0597. The number of carbonyl (C=O) groups excluding carboxylic acids is 2. The molecule has 3 aromatic carbocycles. The van der Waals surface area contributed by atoms with Crippen LogP contribution >= 0.6 is 15.9 Å². The summed E-state index contributed by atoms with van der Waals surface area (Å²) in [6, 6.07) is 25.4. The summed E-state index contributed by atoms with van der Waals surface area (Å²) >= 11 is 3.26. The third-order valence-electron chi connectivity index (χ3n) is 7.22. The molecule has 38 heavy (non-hydrogen) atoms. The molecule has 1 fully saturated rings. The summed E-state index contributed by atoms with van der Waals surface area (Å²) in [5.74, 6) is 0.0835. The Hall–Kier alpha value is -3.94. The molecule has 0 saturated heterocycles. The second kappa shape index (κ2) is 12.5. The minimum Gasteiger partial charge on any atom is -0.465 e. The molecule has 192 valence electrons. The number of amides is 1. The van der Waals surface area contributed by atoms with Crippen LogP contribution in [0, 0.1) is 22.7 Å². The van der Waals surface area contributed by atoms with Gasteiger partial charge in [-0.2, -0.15) is 10.5 Å². The zero-order valence-electron chi connectivity index (χ0n) is 21.2. The maximum Gasteiger partial charge on any atom is 0.338 e. The quantitative estimate of drug-likeness (QED) is 0.264. The minimum absolute atomic E-state index is 0.0925. The van der Waals surface area contributed by atoms with E-state index >= 15 is 0 Å². The summed E-state index contributed by atoms with van der Waals surface area (Å²) in [4.78, 5) is 26.3. The molecule has 2 aliphatic rings. The average Bonchev–Trinajstić information content (AvgIpc) is 3.32. The molecule has 1 amide bonds. The highest BCUT2D eigenvalue weighted by Gasteiger charge is 2.38. The van der Waals surface area contributed by atoms with Gasteiger partial charge in [-0.25, -0.2) is 4.79 Å². The average molecular weight is 570 g/mol. The van der Waals surface area contributed by atoms with E-state index in [0.29, 0.717) is 40.0 Å². The number of methoxy groups -OCH3 is 1. The molecule has 0 N–H and O–H groups in total. The first-order valence-electron chi connectivity index (χ1n) is 12.6. The van der Waals surface area contributed by atoms with Gasteiger partial charge in [-0.3, -0.25) is 4.79 Å². The lowest BCUT2D eigenvalue weighted by Gasteiger charge is -2.38. The van der Waals surface area contributed by atoms with Crippen LogP contribution in [0.1, 0.15) is 80.1 Å². The number of halogens is 1. The lowest BCUT2D eigenvalue weighted by Crippen LogP contribution is -2.41. The van der Waals surface area contributed by atoms with Crippen LogP contribution in [-0.2, 0) is 16.6 Å². The number of carbonyl (C=O) groups is 2. The number of nitrogens with zero attached hydrogens (tertiary/aromatic N) is 3. The summed E-state index contributed by atoms with van der Waals surface area (Å²) in [5.41, 5.74) is 5.37. The summed E-state index contributed by atoms with van der Waals surface area (Å²) < 4.78 is 4.61. The first-order chi connectivity index (χ1) is 18.5. The molecule has 5 rings (SSSR count). The molecule has 2 atom stereocenters. The van der Waals surface area contributed by atoms with Gasteiger partial charge in [0.2, 0.25) is 0 Å². The summed E-state index contributed by atoms with van der Waals surface area (Å²) in [6.45, 7) is 0.674. The fourth-order valence-corrected chi connectivity index (χ4v) is 5.79. The summed E-state index contributed by atoms with van der Waals surface area (Å²) in [5, 5.41) is 18.3. The Labute approximate surface area is 231 Å². The van der Waals surface area contributed by atoms with Crippen molar-refractivity contribution < 1.29 is 14.3 Å². The minimum atomic E-state index is -0.420. The molecule has 1 aliphatic carbocycles. The molecule has 6 nitrogen and oxygen atoms in total. The molecular formula is C31H28BrN3O3. The predicted molar refractivity (Wildman–Crippen MR) is 148 cm³/mol. The van der Waals surface area contributed by atoms with Crippen LogP contribution in [-0.4, -0.2) is 29.9 Å². The largest absolute Gasteiger partial charge is 0.465 e. The van der Waals surface area contributed by atoms with Crippen LogP contribution in [0.15, 0.2) is 66.7 Å². The standard InChI is InChI=1S/C21H20N2O.C10H8BrNO2/c22-13-15-10-11-17-14-23(21(24)19(17)12-15)20-9-5-4-8-18(20)16-6-2-1-3-7-16;1-14-10(13)9-4-7(6-12)2-3-8(9)5-11/h1-3,6-7,10-12,18,20H,4-5,8-9,14H2;2-4H,5H2,1H3/t18-,20+;/m0./s1. The molecule has 3 aromatic rings. The Balaban J connectivity index is 0.000000206. The number of rotatable bonds is 4. The fraction of sp³-hybridized carbons (Fsp3) is 0.290. The van der Waals surface area contributed by atoms with Gasteiger partial charge in [-0.1, -0.05) is 71.2 Å². The molecule has 0 aromatic heterocycles. The van der Waals surface area contributed by atoms with Gasteiger partial charge in [-0.15, -0.1) is 0 Å². The first-order valence-corrected chi connectivity index (χ1v) is 13.7. The van der Waals surface area contributed by atoms with E-state index in [1.807, 2.05) is 29.2 Å². The normalized spacial score (nSPS) is 17.9. The van der Waals surface area contributed by atoms with Crippen molar-refractivity contribution in [1.29, 1.82) is 10.5 Å². The Morgan fingerprint density at radius 3 is 2.37 bits per heavy atom. The second-order valence-electron chi connectivity index (χ2n) is 9.39. The Bertz CT molecular complexity index is 1410. The predicted octanol–water partition coefficient (Wildman–Crippen LogP) is 6.48. The van der Waals surface area contributed by atoms with Crippen LogP contribution in [0.3, 0.4) is 0 Å². The Morgan fingerprint density at radius 2 is 1.68 bits per heavy atom. The van der Waals surface area contributed by atoms with E-state index in [0.717, 1.165) is 24.0 Å². The molecule has 0 radical (unpaired) electrons. The van der Waals surface area contributed by atoms with Gasteiger partial charge >= 0.3 is 5.97 Å². The molecule has 1 aliphatic heterocycles. The van der Waals surface area contributed by atoms with E-state index in [1.165, 1.54) is 31.6 Å². The molecule has 7 heteroatoms. The van der Waals surface area contributed by atoms with E-state index in [2.05, 4.69) is 51.0 Å². The number of alkyl halides is 1. The smallest absolute Gasteiger partial charge is 0.338 e. The van der Waals surface area contributed by atoms with Crippen LogP contribution in [0.2, 0.25) is 0 Å². The molecule has 1 heterocycles. The van der Waals surface area contributed by atoms with E-state index in [9.17, 15) is 9.59 Å². The van der Waals surface area contributed by atoms with Gasteiger partial charge in [0, 0.05) is 29.4 Å². The van der Waals surface area contributed by atoms with Crippen molar-refractivity contribution in [3.8, 4) is 12.1 Å². The van der Waals surface area contributed by atoms with Crippen molar-refractivity contribution in [2.45, 2.75) is 49.5 Å². The van der Waals surface area contributed by atoms with Crippen molar-refractivity contribution in [1.82, 2.24) is 4.90 Å². The number of nitriles is 2. The molecule has 0 bridgehead atoms. The number of esters is 1. The topological polar surface area (TPSA) is 94.2 Å². The zero-order valence-corrected chi connectivity index (χ0v) is 22.8. The van der Waals surface area contributed by atoms with Gasteiger partial charge in [0.25, 0.3) is 5.91 Å². The van der Waals surface area contributed by atoms with Crippen molar-refractivity contribution in [2.24, 2.45) is 0 Å². The monoisotopic (exact) mass is 569 g/mol. The number of benzene rings is 3. The van der Waals surface area contributed by atoms with Gasteiger partial charge < -0.3 is 9.64 Å². The SMILES string of the molecule is COC(=O)c1cc(C#N)ccc1CBr.N#Cc1ccc2c(c1)C(=O)N([C@@H]1CCCC[C@H]1c1ccccc1)C2. The van der Waals surface area contributed by atoms with Crippen LogP contribution in [0.4, 0.5) is 0 Å². The molecule has 0 spiro atoms. The van der Waals surface area contributed by atoms with E-state index in [4.69, 9.17) is 10.5 Å². The maximum atomic E-state index is 13.0. The van der Waals surface area contributed by atoms with Crippen molar-refractivity contribution >= 4 is 27.8 Å². The number of fused-ring (bicyclic) bond motifs is 1. The van der Waals surface area contributed by atoms with Crippen LogP contribution in [0.25, 0.3) is 0 Å². The van der Waals surface area contributed by atoms with Crippen molar-refractivity contribution in [3.05, 3.63) is 106 Å². The van der Waals surface area contributed by atoms with Gasteiger partial charge in [0.1, 0.15) is 0 Å². The van der Waals surface area contributed by atoms with Gasteiger partial charge in [0.05, 0.1) is 35.9 Å². The van der Waals surface area contributed by atoms with Crippen LogP contribution in [0.5, 0.6) is 0 Å². The fourth-order valence-electron chi connectivity index (χ4n) is 5.30. The summed E-state index contributed by atoms with van der Waals surface area (Å²) in [7, 11) is 1.32. The maximum absolute atomic E-state index is 13.0. The number of hydrogen-bond acceptors (Lipinski definition) is 5. The van der Waals surface area contributed by atoms with Crippen LogP contribution < -0.4 is 0 Å². The first kappa shape index (κ1) is 27.1. The Kier molecular flexibility index (Phi) is 8.94. The number of hydrogen-bond donors (Lipinski definition) is 0. The highest BCUT2D eigenvalue weighted by Crippen LogP contribution is 2.39. The highest BCUT2D eigenvalue weighted by atomic mass is 79.9. The third-order valence-corrected chi connectivity index (χ3v) is 7.82. The van der Waals surface area contributed by atoms with E-state index < -0.39 is 5.97 Å². The zero-order chi connectivity index (χ0) is 27.1. The van der Waals surface area contributed by atoms with Gasteiger partial charge in [-0.05, 0) is 53.8 Å². The third kappa shape index (κ3) is 5.79. The van der Waals surface area contributed by atoms with Crippen molar-refractivity contribution in [2.75, 3.05) is 7.11 Å². The highest BCUT2D eigenvalue weighted by molar-refractivity contribution is 9.08. The summed E-state index contributed by atoms with van der Waals surface area (Å²) in [6.07, 6.45) is 4.60. The van der Waals surface area contributed by atoms with Crippen molar-refractivity contribution in [3.63, 3.8) is 0 Å². The van der Waals surface area contributed by atoms with E-state index in [-0.39, 0.29) is 11.9 Å². The molecular weight excluding hydrogens is 542 g/mol. The second-order valence-corrected chi connectivity index (χ2v) is 9.96. The van der Waals surface area contributed by atoms with E-state index in [1.54, 1.807) is 18.2 Å². The Morgan fingerprint density at radius 1 is 1.00 bits per heavy atom. The lowest BCUT2D eigenvalue weighted by atomic mass is 9.79.